The van der Waals surface area contributed by atoms with E-state index >= 15 is 0 Å². The molecule has 0 aromatic carbocycles. The molecule has 12 heteroatoms. The van der Waals surface area contributed by atoms with E-state index in [0.717, 1.165) is 36.3 Å². The molecule has 1 saturated heterocycles. The molecular weight excluding hydrogens is 446 g/mol. The summed E-state index contributed by atoms with van der Waals surface area (Å²) < 4.78 is 32.8. The van der Waals surface area contributed by atoms with Crippen molar-refractivity contribution in [3.05, 3.63) is 24.3 Å². The summed E-state index contributed by atoms with van der Waals surface area (Å²) in [7, 11) is -4.92. The standard InChI is InChI=1S/C16H23N5S.Fe.H2O4S/c1-12(15-7-8-17-11-18-15)19-20-16(22)21-9-13-3-2-4-14(10-21)6-5-13;;1-5(2,3)4/h7-8,11,13-14H,2-6,9-10H2,1H3,(H,20,22);;(H2,1,2,3,4)/q;+2;/p-2/b19-12+;;/t13-,14+;;. The Labute approximate surface area is 181 Å². The monoisotopic (exact) mass is 469 g/mol. The van der Waals surface area contributed by atoms with Crippen LogP contribution in [0, 0.1) is 11.8 Å². The summed E-state index contributed by atoms with van der Waals surface area (Å²) in [6.45, 7) is 3.98. The molecule has 3 rings (SSSR count). The van der Waals surface area contributed by atoms with Crippen LogP contribution in [0.5, 0.6) is 0 Å². The Morgan fingerprint density at radius 2 is 1.82 bits per heavy atom. The van der Waals surface area contributed by atoms with E-state index in [9.17, 15) is 0 Å². The van der Waals surface area contributed by atoms with Crippen molar-refractivity contribution in [1.29, 1.82) is 0 Å². The fourth-order valence-corrected chi connectivity index (χ4v) is 3.60. The summed E-state index contributed by atoms with van der Waals surface area (Å²) in [4.78, 5) is 10.3. The predicted molar refractivity (Wildman–Crippen MR) is 103 cm³/mol. The minimum Gasteiger partial charge on any atom is -0.741 e. The Morgan fingerprint density at radius 1 is 1.25 bits per heavy atom. The van der Waals surface area contributed by atoms with E-state index in [4.69, 9.17) is 30.2 Å². The van der Waals surface area contributed by atoms with E-state index in [1.54, 1.807) is 6.20 Å². The van der Waals surface area contributed by atoms with Gasteiger partial charge in [0, 0.05) is 24.5 Å². The molecule has 1 aromatic rings. The van der Waals surface area contributed by atoms with Gasteiger partial charge in [0.15, 0.2) is 0 Å². The molecule has 0 unspecified atom stereocenters. The number of nitrogens with zero attached hydrogens (tertiary/aromatic N) is 5. The molecule has 0 amide bonds. The van der Waals surface area contributed by atoms with Gasteiger partial charge in [-0.2, -0.15) is 10.2 Å². The summed E-state index contributed by atoms with van der Waals surface area (Å²) in [5.74, 6) is 1.54. The number of hydrogen-bond donors (Lipinski definition) is 1. The van der Waals surface area contributed by atoms with Gasteiger partial charge in [0.2, 0.25) is 10.4 Å². The van der Waals surface area contributed by atoms with Crippen LogP contribution in [0.2, 0.25) is 0 Å². The van der Waals surface area contributed by atoms with E-state index in [1.165, 1.54) is 38.4 Å². The maximum Gasteiger partial charge on any atom is 2.00 e. The third kappa shape index (κ3) is 9.35. The number of likely N-dealkylation sites (tertiary alicyclic amines) is 1. The van der Waals surface area contributed by atoms with Crippen LogP contribution in [0.15, 0.2) is 28.8 Å². The molecule has 1 saturated carbocycles. The largest absolute Gasteiger partial charge is 2.00 e. The zero-order chi connectivity index (χ0) is 19.9. The van der Waals surface area contributed by atoms with E-state index in [1.807, 2.05) is 13.0 Å². The smallest absolute Gasteiger partial charge is 0.741 e. The summed E-state index contributed by atoms with van der Waals surface area (Å²) in [6.07, 6.45) is 9.94. The zero-order valence-corrected chi connectivity index (χ0v) is 18.2. The van der Waals surface area contributed by atoms with E-state index < -0.39 is 10.4 Å². The van der Waals surface area contributed by atoms with Crippen molar-refractivity contribution in [2.45, 2.75) is 39.0 Å². The van der Waals surface area contributed by atoms with Crippen LogP contribution in [0.3, 0.4) is 0 Å². The normalized spacial score (nSPS) is 23.0. The van der Waals surface area contributed by atoms with Gasteiger partial charge in [-0.05, 0) is 50.5 Å². The molecule has 2 fully saturated rings. The van der Waals surface area contributed by atoms with Crippen molar-refractivity contribution < 1.29 is 34.6 Å². The Hall–Kier alpha value is -1.17. The van der Waals surface area contributed by atoms with Gasteiger partial charge in [0.05, 0.1) is 11.4 Å². The second-order valence-corrected chi connectivity index (χ2v) is 7.96. The van der Waals surface area contributed by atoms with Gasteiger partial charge in [-0.3, -0.25) is 4.55 Å². The predicted octanol–water partition coefficient (Wildman–Crippen LogP) is 1.62. The van der Waals surface area contributed by atoms with Crippen LogP contribution >= 0.6 is 0 Å². The molecule has 2 heterocycles. The first-order valence-corrected chi connectivity index (χ1v) is 10.5. The van der Waals surface area contributed by atoms with Crippen molar-refractivity contribution in [3.8, 4) is 0 Å². The SMILES string of the molecule is C/C(=N\N=C(/[S-])N1C[C@@H]2CCC[C@@H](CC2)C1)c1ccncn1.O=S(=O)([O-])O.[Fe+2]. The number of rotatable bonds is 2. The molecule has 1 aliphatic heterocycles. The Kier molecular flexibility index (Phi) is 10.4. The zero-order valence-electron chi connectivity index (χ0n) is 15.4. The van der Waals surface area contributed by atoms with Gasteiger partial charge in [0.25, 0.3) is 0 Å². The van der Waals surface area contributed by atoms with Crippen molar-refractivity contribution in [3.63, 3.8) is 0 Å². The molecule has 2 bridgehead atoms. The van der Waals surface area contributed by atoms with Gasteiger partial charge < -0.3 is 22.1 Å². The first-order chi connectivity index (χ1) is 12.7. The molecule has 156 valence electrons. The summed E-state index contributed by atoms with van der Waals surface area (Å²) >= 11 is 5.50. The van der Waals surface area contributed by atoms with Gasteiger partial charge in [-0.15, -0.1) is 0 Å². The molecule has 1 aromatic heterocycles. The summed E-state index contributed by atoms with van der Waals surface area (Å²) in [5, 5.41) is 9.16. The molecule has 0 spiro atoms. The number of amidine groups is 1. The van der Waals surface area contributed by atoms with Crippen molar-refractivity contribution in [1.82, 2.24) is 14.9 Å². The van der Waals surface area contributed by atoms with Crippen molar-refractivity contribution in [2.24, 2.45) is 22.0 Å². The summed E-state index contributed by atoms with van der Waals surface area (Å²) in [5.41, 5.74) is 1.55. The minimum atomic E-state index is -4.92. The molecule has 28 heavy (non-hydrogen) atoms. The second kappa shape index (κ2) is 11.7. The second-order valence-electron chi connectivity index (χ2n) is 6.74. The number of aromatic nitrogens is 2. The number of hydrogen-bond acceptors (Lipinski definition) is 8. The summed E-state index contributed by atoms with van der Waals surface area (Å²) in [6, 6.07) is 1.83. The third-order valence-electron chi connectivity index (χ3n) is 4.67. The van der Waals surface area contributed by atoms with E-state index in [2.05, 4.69) is 25.1 Å². The first-order valence-electron chi connectivity index (χ1n) is 8.71. The Balaban J connectivity index is 0.000000584. The van der Waals surface area contributed by atoms with Crippen molar-refractivity contribution in [2.75, 3.05) is 13.1 Å². The van der Waals surface area contributed by atoms with Crippen molar-refractivity contribution >= 4 is 33.9 Å². The average molecular weight is 469 g/mol. The van der Waals surface area contributed by atoms with Crippen LogP contribution < -0.4 is 0 Å². The van der Waals surface area contributed by atoms with Crippen LogP contribution in [0.1, 0.15) is 44.7 Å². The third-order valence-corrected chi connectivity index (χ3v) is 5.01. The van der Waals surface area contributed by atoms with Gasteiger partial charge in [0.1, 0.15) is 6.33 Å². The van der Waals surface area contributed by atoms with Gasteiger partial charge in [-0.25, -0.2) is 18.4 Å². The molecule has 9 nitrogen and oxygen atoms in total. The molecule has 0 radical (unpaired) electrons. The molecule has 1 aliphatic carbocycles. The van der Waals surface area contributed by atoms with Crippen LogP contribution in [-0.4, -0.2) is 56.4 Å². The molecular formula is C16H23FeN5O4S2. The number of fused-ring (bicyclic) bond motifs is 3. The molecule has 1 N–H and O–H groups in total. The molecule has 2 atom stereocenters. The molecule has 2 aliphatic rings. The minimum absolute atomic E-state index is 0. The average Bonchev–Trinajstić information content (AvgIpc) is 2.93. The maximum absolute atomic E-state index is 8.63. The fourth-order valence-electron chi connectivity index (χ4n) is 3.41. The van der Waals surface area contributed by atoms with E-state index in [-0.39, 0.29) is 17.1 Å². The first kappa shape index (κ1) is 24.9. The van der Waals surface area contributed by atoms with Crippen LogP contribution in [0.25, 0.3) is 0 Å². The fraction of sp³-hybridized carbons (Fsp3) is 0.625. The topological polar surface area (TPSA) is 131 Å². The van der Waals surface area contributed by atoms with Gasteiger partial charge >= 0.3 is 17.1 Å². The van der Waals surface area contributed by atoms with Crippen LogP contribution in [0.4, 0.5) is 0 Å². The van der Waals surface area contributed by atoms with Gasteiger partial charge in [-0.1, -0.05) is 6.42 Å². The van der Waals surface area contributed by atoms with E-state index in [0.29, 0.717) is 5.17 Å². The quantitative estimate of drug-likeness (QED) is 0.132. The maximum atomic E-state index is 8.63. The Bertz CT molecular complexity index is 754. The van der Waals surface area contributed by atoms with Crippen LogP contribution in [-0.2, 0) is 40.1 Å². The Morgan fingerprint density at radius 3 is 2.32 bits per heavy atom.